The molecule has 1 aliphatic rings. The molecule has 0 saturated heterocycles. The number of ether oxygens (including phenoxy) is 1. The molecule has 0 bridgehead atoms. The predicted octanol–water partition coefficient (Wildman–Crippen LogP) is 6.50. The zero-order chi connectivity index (χ0) is 22.8. The lowest BCUT2D eigenvalue weighted by atomic mass is 10.1. The SMILES string of the molecule is CN(C)c1ccc(N(c2ccc(Nc3ccccc3)cc2)C2OC(=O)c3ccccc32)cc1. The van der Waals surface area contributed by atoms with Crippen molar-refractivity contribution in [2.45, 2.75) is 6.23 Å². The molecule has 0 saturated carbocycles. The lowest BCUT2D eigenvalue weighted by molar-refractivity contribution is 0.0399. The first-order chi connectivity index (χ1) is 16.1. The van der Waals surface area contributed by atoms with Gasteiger partial charge in [-0.1, -0.05) is 36.4 Å². The van der Waals surface area contributed by atoms with Gasteiger partial charge in [-0.2, -0.15) is 0 Å². The predicted molar refractivity (Wildman–Crippen MR) is 134 cm³/mol. The van der Waals surface area contributed by atoms with Gasteiger partial charge in [0.1, 0.15) is 0 Å². The van der Waals surface area contributed by atoms with Crippen LogP contribution in [-0.4, -0.2) is 20.1 Å². The quantitative estimate of drug-likeness (QED) is 0.350. The molecule has 0 aromatic heterocycles. The van der Waals surface area contributed by atoms with E-state index in [2.05, 4.69) is 39.4 Å². The topological polar surface area (TPSA) is 44.8 Å². The smallest absolute Gasteiger partial charge is 0.340 e. The molecule has 164 valence electrons. The molecule has 33 heavy (non-hydrogen) atoms. The number of rotatable bonds is 6. The van der Waals surface area contributed by atoms with Gasteiger partial charge in [-0.3, -0.25) is 0 Å². The van der Waals surface area contributed by atoms with Gasteiger partial charge in [0.25, 0.3) is 0 Å². The van der Waals surface area contributed by atoms with E-state index in [1.54, 1.807) is 0 Å². The monoisotopic (exact) mass is 435 g/mol. The van der Waals surface area contributed by atoms with Crippen LogP contribution in [0.15, 0.2) is 103 Å². The number of nitrogens with zero attached hydrogens (tertiary/aromatic N) is 2. The lowest BCUT2D eigenvalue weighted by Gasteiger charge is -2.31. The highest BCUT2D eigenvalue weighted by Crippen LogP contribution is 2.41. The van der Waals surface area contributed by atoms with Crippen molar-refractivity contribution in [2.75, 3.05) is 29.2 Å². The fourth-order valence-electron chi connectivity index (χ4n) is 4.04. The highest BCUT2D eigenvalue weighted by molar-refractivity contribution is 5.95. The second kappa shape index (κ2) is 8.71. The summed E-state index contributed by atoms with van der Waals surface area (Å²) in [5.41, 5.74) is 6.46. The summed E-state index contributed by atoms with van der Waals surface area (Å²) in [4.78, 5) is 16.7. The van der Waals surface area contributed by atoms with E-state index in [9.17, 15) is 4.79 Å². The fraction of sp³-hybridized carbons (Fsp3) is 0.107. The Morgan fingerprint density at radius 3 is 1.88 bits per heavy atom. The molecule has 1 aliphatic heterocycles. The van der Waals surface area contributed by atoms with E-state index < -0.39 is 6.23 Å². The van der Waals surface area contributed by atoms with Crippen molar-refractivity contribution in [1.29, 1.82) is 0 Å². The van der Waals surface area contributed by atoms with Crippen molar-refractivity contribution in [3.05, 3.63) is 114 Å². The van der Waals surface area contributed by atoms with Crippen LogP contribution < -0.4 is 15.1 Å². The van der Waals surface area contributed by atoms with Crippen LogP contribution in [0.2, 0.25) is 0 Å². The molecule has 5 rings (SSSR count). The van der Waals surface area contributed by atoms with Crippen molar-refractivity contribution in [3.63, 3.8) is 0 Å². The molecule has 5 nitrogen and oxygen atoms in total. The Hall–Kier alpha value is -4.25. The van der Waals surface area contributed by atoms with Gasteiger partial charge in [-0.05, 0) is 66.7 Å². The average Bonchev–Trinajstić information content (AvgIpc) is 3.18. The number of cyclic esters (lactones) is 1. The Balaban J connectivity index is 1.52. The Morgan fingerprint density at radius 1 is 0.667 bits per heavy atom. The number of anilines is 5. The third-order valence-electron chi connectivity index (χ3n) is 5.75. The minimum absolute atomic E-state index is 0.298. The zero-order valence-electron chi connectivity index (χ0n) is 18.6. The summed E-state index contributed by atoms with van der Waals surface area (Å²) in [6.07, 6.45) is -0.535. The molecule has 0 amide bonds. The van der Waals surface area contributed by atoms with Crippen molar-refractivity contribution in [2.24, 2.45) is 0 Å². The second-order valence-electron chi connectivity index (χ2n) is 8.16. The summed E-state index contributed by atoms with van der Waals surface area (Å²) in [6.45, 7) is 0. The number of benzene rings is 4. The molecular formula is C28H25N3O2. The molecule has 4 aromatic carbocycles. The van der Waals surface area contributed by atoms with Crippen molar-refractivity contribution in [3.8, 4) is 0 Å². The standard InChI is InChI=1S/C28H25N3O2/c1-30(2)22-16-18-24(19-17-22)31(27-25-10-6-7-11-26(25)28(32)33-27)23-14-12-21(13-15-23)29-20-8-4-3-5-9-20/h3-19,27,29H,1-2H3. The molecule has 0 aliphatic carbocycles. The van der Waals surface area contributed by atoms with Crippen LogP contribution in [-0.2, 0) is 4.74 Å². The Labute approximate surface area is 193 Å². The molecule has 1 unspecified atom stereocenters. The third-order valence-corrected chi connectivity index (χ3v) is 5.75. The van der Waals surface area contributed by atoms with Crippen LogP contribution in [0.5, 0.6) is 0 Å². The Morgan fingerprint density at radius 2 is 1.21 bits per heavy atom. The summed E-state index contributed by atoms with van der Waals surface area (Å²) >= 11 is 0. The number of fused-ring (bicyclic) bond motifs is 1. The van der Waals surface area contributed by atoms with E-state index in [1.807, 2.05) is 93.0 Å². The molecule has 0 fully saturated rings. The minimum atomic E-state index is -0.535. The largest absolute Gasteiger partial charge is 0.433 e. The van der Waals surface area contributed by atoms with Crippen molar-refractivity contribution >= 4 is 34.4 Å². The van der Waals surface area contributed by atoms with Crippen LogP contribution in [0.25, 0.3) is 0 Å². The first-order valence-electron chi connectivity index (χ1n) is 10.9. The molecule has 1 N–H and O–H groups in total. The number of hydrogen-bond donors (Lipinski definition) is 1. The van der Waals surface area contributed by atoms with Gasteiger partial charge in [0.05, 0.1) is 5.56 Å². The zero-order valence-corrected chi connectivity index (χ0v) is 18.6. The molecule has 0 spiro atoms. The molecular weight excluding hydrogens is 410 g/mol. The van der Waals surface area contributed by atoms with Crippen LogP contribution in [0.3, 0.4) is 0 Å². The van der Waals surface area contributed by atoms with Crippen LogP contribution >= 0.6 is 0 Å². The molecule has 1 heterocycles. The van der Waals surface area contributed by atoms with E-state index in [0.717, 1.165) is 34.0 Å². The van der Waals surface area contributed by atoms with Gasteiger partial charge in [0.15, 0.2) is 0 Å². The number of para-hydroxylation sites is 1. The van der Waals surface area contributed by atoms with Crippen molar-refractivity contribution < 1.29 is 9.53 Å². The highest BCUT2D eigenvalue weighted by Gasteiger charge is 2.36. The number of hydrogen-bond acceptors (Lipinski definition) is 5. The summed E-state index contributed by atoms with van der Waals surface area (Å²) in [6, 6.07) is 34.0. The summed E-state index contributed by atoms with van der Waals surface area (Å²) in [5, 5.41) is 3.41. The molecule has 0 radical (unpaired) electrons. The molecule has 5 heteroatoms. The van der Waals surface area contributed by atoms with E-state index in [1.165, 1.54) is 0 Å². The van der Waals surface area contributed by atoms with E-state index in [4.69, 9.17) is 4.74 Å². The van der Waals surface area contributed by atoms with Gasteiger partial charge in [-0.25, -0.2) is 4.79 Å². The molecule has 1 atom stereocenters. The fourth-order valence-corrected chi connectivity index (χ4v) is 4.04. The van der Waals surface area contributed by atoms with Gasteiger partial charge < -0.3 is 19.9 Å². The van der Waals surface area contributed by atoms with E-state index in [-0.39, 0.29) is 5.97 Å². The first kappa shape index (κ1) is 20.6. The summed E-state index contributed by atoms with van der Waals surface area (Å²) in [7, 11) is 4.03. The van der Waals surface area contributed by atoms with Crippen LogP contribution in [0.4, 0.5) is 28.4 Å². The maximum Gasteiger partial charge on any atom is 0.340 e. The number of carbonyl (C=O) groups is 1. The van der Waals surface area contributed by atoms with Gasteiger partial charge in [0.2, 0.25) is 6.23 Å². The maximum absolute atomic E-state index is 12.6. The summed E-state index contributed by atoms with van der Waals surface area (Å²) < 4.78 is 5.87. The first-order valence-corrected chi connectivity index (χ1v) is 10.9. The van der Waals surface area contributed by atoms with Gasteiger partial charge in [0, 0.05) is 48.1 Å². The Bertz CT molecular complexity index is 1250. The number of carbonyl (C=O) groups excluding carboxylic acids is 1. The molecule has 4 aromatic rings. The number of nitrogens with one attached hydrogen (secondary N) is 1. The van der Waals surface area contributed by atoms with Crippen molar-refractivity contribution in [1.82, 2.24) is 0 Å². The van der Waals surface area contributed by atoms with Gasteiger partial charge >= 0.3 is 5.97 Å². The Kier molecular flexibility index (Phi) is 5.45. The van der Waals surface area contributed by atoms with Crippen LogP contribution in [0, 0.1) is 0 Å². The average molecular weight is 436 g/mol. The maximum atomic E-state index is 12.6. The second-order valence-corrected chi connectivity index (χ2v) is 8.16. The lowest BCUT2D eigenvalue weighted by Crippen LogP contribution is -2.24. The normalized spacial score (nSPS) is 14.4. The number of esters is 1. The third kappa shape index (κ3) is 4.13. The minimum Gasteiger partial charge on any atom is -0.433 e. The van der Waals surface area contributed by atoms with Gasteiger partial charge in [-0.15, -0.1) is 0 Å². The highest BCUT2D eigenvalue weighted by atomic mass is 16.6. The van der Waals surface area contributed by atoms with Crippen LogP contribution in [0.1, 0.15) is 22.1 Å². The van der Waals surface area contributed by atoms with E-state index in [0.29, 0.717) is 5.56 Å². The van der Waals surface area contributed by atoms with E-state index >= 15 is 0 Å². The summed E-state index contributed by atoms with van der Waals surface area (Å²) in [5.74, 6) is -0.298.